The number of morpholine rings is 1. The second kappa shape index (κ2) is 11.0. The third kappa shape index (κ3) is 6.07. The van der Waals surface area contributed by atoms with Crippen molar-refractivity contribution in [2.24, 2.45) is 4.99 Å². The lowest BCUT2D eigenvalue weighted by atomic mass is 10.00. The molecule has 1 heterocycles. The monoisotopic (exact) mass is 422 g/mol. The number of hydrogen-bond acceptors (Lipinski definition) is 3. The number of aliphatic imine (C=N–C) groups is 1. The molecule has 1 aliphatic heterocycles. The summed E-state index contributed by atoms with van der Waals surface area (Å²) in [6.07, 6.45) is 0.826. The van der Waals surface area contributed by atoms with Crippen LogP contribution in [-0.2, 0) is 11.2 Å². The minimum atomic E-state index is -0.0653. The van der Waals surface area contributed by atoms with E-state index >= 15 is 0 Å². The minimum Gasteiger partial charge on any atom is -0.370 e. The number of nitrogens with zero attached hydrogens (tertiary/aromatic N) is 2. The Kier molecular flexibility index (Phi) is 8.06. The molecule has 0 aliphatic carbocycles. The van der Waals surface area contributed by atoms with E-state index in [-0.39, 0.29) is 12.0 Å². The van der Waals surface area contributed by atoms with Crippen LogP contribution in [0, 0.1) is 13.8 Å². The van der Waals surface area contributed by atoms with Crippen molar-refractivity contribution in [2.75, 3.05) is 39.8 Å². The lowest BCUT2D eigenvalue weighted by Gasteiger charge is -2.36. The molecule has 2 aromatic carbocycles. The number of nitrogens with one attached hydrogen (secondary N) is 2. The van der Waals surface area contributed by atoms with E-state index in [0.717, 1.165) is 37.6 Å². The van der Waals surface area contributed by atoms with Crippen LogP contribution in [0.5, 0.6) is 0 Å². The number of amides is 1. The highest BCUT2D eigenvalue weighted by Gasteiger charge is 2.25. The van der Waals surface area contributed by atoms with Gasteiger partial charge in [-0.3, -0.25) is 9.79 Å². The first-order valence-corrected chi connectivity index (χ1v) is 11.0. The van der Waals surface area contributed by atoms with Gasteiger partial charge in [-0.25, -0.2) is 0 Å². The van der Waals surface area contributed by atoms with Gasteiger partial charge in [0.25, 0.3) is 5.91 Å². The Labute approximate surface area is 185 Å². The summed E-state index contributed by atoms with van der Waals surface area (Å²) in [5.74, 6) is 0.854. The van der Waals surface area contributed by atoms with E-state index in [1.807, 2.05) is 24.3 Å². The molecule has 31 heavy (non-hydrogen) atoms. The van der Waals surface area contributed by atoms with Gasteiger partial charge in [-0.15, -0.1) is 0 Å². The zero-order valence-electron chi connectivity index (χ0n) is 19.1. The van der Waals surface area contributed by atoms with Crippen molar-refractivity contribution in [3.8, 4) is 0 Å². The minimum absolute atomic E-state index is 0.0439. The number of carbonyl (C=O) groups is 1. The normalized spacial score (nSPS) is 16.8. The molecule has 1 saturated heterocycles. The molecule has 0 aromatic heterocycles. The number of aryl methyl sites for hydroxylation is 2. The largest absolute Gasteiger partial charge is 0.370 e. The summed E-state index contributed by atoms with van der Waals surface area (Å²) in [6, 6.07) is 14.3. The number of carbonyl (C=O) groups excluding carboxylic acids is 1. The molecule has 0 saturated carbocycles. The first-order chi connectivity index (χ1) is 15.0. The summed E-state index contributed by atoms with van der Waals surface area (Å²) < 4.78 is 6.10. The smallest absolute Gasteiger partial charge is 0.251 e. The van der Waals surface area contributed by atoms with Crippen molar-refractivity contribution >= 4 is 11.9 Å². The zero-order valence-corrected chi connectivity index (χ0v) is 19.1. The van der Waals surface area contributed by atoms with Crippen molar-refractivity contribution in [1.29, 1.82) is 0 Å². The summed E-state index contributed by atoms with van der Waals surface area (Å²) in [5, 5.41) is 6.10. The van der Waals surface area contributed by atoms with Gasteiger partial charge in [0.15, 0.2) is 5.96 Å². The third-order valence-electron chi connectivity index (χ3n) is 5.55. The SMILES string of the molecule is CCNC(=NCCc1cccc(C(=O)NC)c1)N1CCOC(c2ccc(C)cc2C)C1. The fraction of sp³-hybridized carbons (Fsp3) is 0.440. The van der Waals surface area contributed by atoms with Crippen LogP contribution in [0.1, 0.15) is 45.6 Å². The van der Waals surface area contributed by atoms with Gasteiger partial charge in [-0.2, -0.15) is 0 Å². The maximum Gasteiger partial charge on any atom is 0.251 e. The van der Waals surface area contributed by atoms with Gasteiger partial charge >= 0.3 is 0 Å². The van der Waals surface area contributed by atoms with Crippen molar-refractivity contribution in [3.05, 3.63) is 70.3 Å². The molecule has 1 atom stereocenters. The second-order valence-corrected chi connectivity index (χ2v) is 7.93. The van der Waals surface area contributed by atoms with E-state index in [1.165, 1.54) is 16.7 Å². The average molecular weight is 423 g/mol. The molecule has 2 aromatic rings. The maximum atomic E-state index is 11.9. The van der Waals surface area contributed by atoms with Gasteiger partial charge in [0.1, 0.15) is 6.10 Å². The average Bonchev–Trinajstić information content (AvgIpc) is 2.78. The molecule has 0 bridgehead atoms. The predicted octanol–water partition coefficient (Wildman–Crippen LogP) is 3.24. The predicted molar refractivity (Wildman–Crippen MR) is 126 cm³/mol. The lowest BCUT2D eigenvalue weighted by Crippen LogP contribution is -2.48. The van der Waals surface area contributed by atoms with E-state index in [9.17, 15) is 4.79 Å². The van der Waals surface area contributed by atoms with Crippen LogP contribution in [0.2, 0.25) is 0 Å². The molecular formula is C25H34N4O2. The molecule has 1 aliphatic rings. The lowest BCUT2D eigenvalue weighted by molar-refractivity contribution is -0.00833. The van der Waals surface area contributed by atoms with Crippen LogP contribution in [0.4, 0.5) is 0 Å². The van der Waals surface area contributed by atoms with E-state index in [0.29, 0.717) is 18.7 Å². The molecule has 6 heteroatoms. The number of ether oxygens (including phenoxy) is 1. The molecular weight excluding hydrogens is 388 g/mol. The standard InChI is InChI=1S/C25H34N4O2/c1-5-27-25(28-12-11-20-7-6-8-21(16-20)24(30)26-4)29-13-14-31-23(17-29)22-10-9-18(2)15-19(22)3/h6-10,15-16,23H,5,11-14,17H2,1-4H3,(H,26,30)(H,27,28). The van der Waals surface area contributed by atoms with Crippen LogP contribution in [0.3, 0.4) is 0 Å². The molecule has 3 rings (SSSR count). The Balaban J connectivity index is 1.68. The molecule has 1 amide bonds. The highest BCUT2D eigenvalue weighted by molar-refractivity contribution is 5.94. The summed E-state index contributed by atoms with van der Waals surface area (Å²) in [7, 11) is 1.65. The van der Waals surface area contributed by atoms with E-state index in [1.54, 1.807) is 7.05 Å². The molecule has 1 unspecified atom stereocenters. The van der Waals surface area contributed by atoms with Crippen molar-refractivity contribution < 1.29 is 9.53 Å². The molecule has 0 spiro atoms. The van der Waals surface area contributed by atoms with Gasteiger partial charge < -0.3 is 20.3 Å². The Morgan fingerprint density at radius 1 is 1.23 bits per heavy atom. The fourth-order valence-corrected chi connectivity index (χ4v) is 3.95. The Hall–Kier alpha value is -2.86. The quantitative estimate of drug-likeness (QED) is 0.554. The first kappa shape index (κ1) is 22.8. The first-order valence-electron chi connectivity index (χ1n) is 11.0. The second-order valence-electron chi connectivity index (χ2n) is 7.93. The van der Waals surface area contributed by atoms with Gasteiger partial charge in [0.2, 0.25) is 0 Å². The van der Waals surface area contributed by atoms with E-state index in [4.69, 9.17) is 9.73 Å². The number of benzene rings is 2. The van der Waals surface area contributed by atoms with Crippen LogP contribution in [0.25, 0.3) is 0 Å². The van der Waals surface area contributed by atoms with E-state index < -0.39 is 0 Å². The number of rotatable bonds is 6. The Morgan fingerprint density at radius 3 is 2.81 bits per heavy atom. The van der Waals surface area contributed by atoms with Gasteiger partial charge in [-0.05, 0) is 56.0 Å². The van der Waals surface area contributed by atoms with Gasteiger partial charge in [0.05, 0.1) is 13.2 Å². The summed E-state index contributed by atoms with van der Waals surface area (Å²) in [6.45, 7) is 10.1. The Morgan fingerprint density at radius 2 is 2.06 bits per heavy atom. The molecule has 1 fully saturated rings. The van der Waals surface area contributed by atoms with Crippen LogP contribution >= 0.6 is 0 Å². The molecule has 166 valence electrons. The number of guanidine groups is 1. The molecule has 0 radical (unpaired) electrons. The van der Waals surface area contributed by atoms with E-state index in [2.05, 4.69) is 54.5 Å². The van der Waals surface area contributed by atoms with Crippen molar-refractivity contribution in [1.82, 2.24) is 15.5 Å². The number of hydrogen-bond donors (Lipinski definition) is 2. The van der Waals surface area contributed by atoms with Gasteiger partial charge in [0, 0.05) is 32.2 Å². The van der Waals surface area contributed by atoms with Crippen LogP contribution in [0.15, 0.2) is 47.5 Å². The third-order valence-corrected chi connectivity index (χ3v) is 5.55. The highest BCUT2D eigenvalue weighted by Crippen LogP contribution is 2.26. The summed E-state index contributed by atoms with van der Waals surface area (Å²) in [5.41, 5.74) is 5.57. The van der Waals surface area contributed by atoms with Crippen molar-refractivity contribution in [2.45, 2.75) is 33.3 Å². The topological polar surface area (TPSA) is 66.0 Å². The maximum absolute atomic E-state index is 11.9. The Bertz CT molecular complexity index is 925. The zero-order chi connectivity index (χ0) is 22.2. The van der Waals surface area contributed by atoms with Gasteiger partial charge in [-0.1, -0.05) is 35.9 Å². The van der Waals surface area contributed by atoms with Crippen LogP contribution in [-0.4, -0.2) is 56.6 Å². The fourth-order valence-electron chi connectivity index (χ4n) is 3.95. The van der Waals surface area contributed by atoms with Crippen LogP contribution < -0.4 is 10.6 Å². The summed E-state index contributed by atoms with van der Waals surface area (Å²) >= 11 is 0. The highest BCUT2D eigenvalue weighted by atomic mass is 16.5. The van der Waals surface area contributed by atoms with Crippen molar-refractivity contribution in [3.63, 3.8) is 0 Å². The molecule has 6 nitrogen and oxygen atoms in total. The molecule has 2 N–H and O–H groups in total. The summed E-state index contributed by atoms with van der Waals surface area (Å²) in [4.78, 5) is 19.0.